The molecule has 0 aromatic rings. The number of rotatable bonds is 0. The molecule has 0 aromatic carbocycles. The number of carbonyl (C=O) groups excluding carboxylic acids is 1. The molecule has 0 saturated carbocycles. The van der Waals surface area contributed by atoms with Crippen LogP contribution in [0, 0.1) is 0 Å². The molecule has 0 bridgehead atoms. The Morgan fingerprint density at radius 1 is 1.67 bits per heavy atom. The Morgan fingerprint density at radius 2 is 2.44 bits per heavy atom. The van der Waals surface area contributed by atoms with E-state index < -0.39 is 0 Å². The van der Waals surface area contributed by atoms with Crippen molar-refractivity contribution < 1.29 is 4.79 Å². The van der Waals surface area contributed by atoms with Gasteiger partial charge in [0.05, 0.1) is 0 Å². The third-order valence-electron chi connectivity index (χ3n) is 0.767. The lowest BCUT2D eigenvalue weighted by Crippen LogP contribution is -2.18. The number of amides is 1. The van der Waals surface area contributed by atoms with Crippen molar-refractivity contribution in [1.29, 1.82) is 0 Å². The van der Waals surface area contributed by atoms with E-state index in [1.165, 1.54) is 0 Å². The van der Waals surface area contributed by atoms with Crippen molar-refractivity contribution in [3.63, 3.8) is 0 Å². The Balaban J connectivity index is 0.000000640. The van der Waals surface area contributed by atoms with Gasteiger partial charge in [0.15, 0.2) is 0 Å². The van der Waals surface area contributed by atoms with E-state index in [0.29, 0.717) is 0 Å². The molecule has 0 spiro atoms. The summed E-state index contributed by atoms with van der Waals surface area (Å²) in [5.74, 6) is -0.0602. The predicted molar refractivity (Wildman–Crippen MR) is 41.0 cm³/mol. The van der Waals surface area contributed by atoms with Crippen molar-refractivity contribution in [1.82, 2.24) is 5.32 Å². The second-order valence-electron chi connectivity index (χ2n) is 1.42. The van der Waals surface area contributed by atoms with Crippen LogP contribution in [0.4, 0.5) is 0 Å². The van der Waals surface area contributed by atoms with E-state index in [9.17, 15) is 4.79 Å². The van der Waals surface area contributed by atoms with Crippen LogP contribution >= 0.6 is 17.0 Å². The molecule has 0 aliphatic carbocycles. The number of hydrogen-bond donors (Lipinski definition) is 1. The van der Waals surface area contributed by atoms with Crippen LogP contribution in [0.2, 0.25) is 0 Å². The maximum atomic E-state index is 10.4. The summed E-state index contributed by atoms with van der Waals surface area (Å²) in [6, 6.07) is 0. The van der Waals surface area contributed by atoms with Gasteiger partial charge in [-0.3, -0.25) is 9.79 Å². The Hall–Kier alpha value is -0.640. The van der Waals surface area contributed by atoms with E-state index in [-0.39, 0.29) is 29.4 Å². The zero-order valence-corrected chi connectivity index (χ0v) is 6.42. The van der Waals surface area contributed by atoms with Crippen molar-refractivity contribution in [2.45, 2.75) is 0 Å². The second-order valence-corrected chi connectivity index (χ2v) is 1.42. The molecule has 0 saturated heterocycles. The highest BCUT2D eigenvalue weighted by Gasteiger charge is 1.94. The van der Waals surface area contributed by atoms with Gasteiger partial charge in [0.2, 0.25) is 5.91 Å². The van der Waals surface area contributed by atoms with Crippen LogP contribution in [-0.4, -0.2) is 18.7 Å². The van der Waals surface area contributed by atoms with Crippen LogP contribution in [0.3, 0.4) is 0 Å². The number of nitrogens with zero attached hydrogens (tertiary/aromatic N) is 1. The highest BCUT2D eigenvalue weighted by atomic mass is 79.9. The van der Waals surface area contributed by atoms with Crippen LogP contribution in [0.5, 0.6) is 0 Å². The number of carbonyl (C=O) groups is 1. The van der Waals surface area contributed by atoms with Gasteiger partial charge in [-0.2, -0.15) is 0 Å². The first kappa shape index (κ1) is 8.36. The molecule has 4 heteroatoms. The van der Waals surface area contributed by atoms with E-state index in [4.69, 9.17) is 0 Å². The lowest BCUT2D eigenvalue weighted by atomic mass is 10.6. The zero-order chi connectivity index (χ0) is 5.82. The molecular formula is C5H7BrN2O. The minimum absolute atomic E-state index is 0. The van der Waals surface area contributed by atoms with Gasteiger partial charge in [-0.15, -0.1) is 17.0 Å². The molecule has 50 valence electrons. The molecule has 0 atom stereocenters. The van der Waals surface area contributed by atoms with Gasteiger partial charge in [0, 0.05) is 12.4 Å². The van der Waals surface area contributed by atoms with Gasteiger partial charge in [-0.1, -0.05) is 0 Å². The van der Waals surface area contributed by atoms with Crippen LogP contribution in [-0.2, 0) is 4.79 Å². The molecule has 1 heterocycles. The van der Waals surface area contributed by atoms with Crippen LogP contribution in [0.25, 0.3) is 0 Å². The maximum Gasteiger partial charge on any atom is 0.245 e. The standard InChI is InChI=1S/C5H6N2O.BrH/c8-5-4-6-2-1-3-7-5;/h1-3H,4H2,(H,7,8);1H. The Morgan fingerprint density at radius 3 is 3.22 bits per heavy atom. The smallest absolute Gasteiger partial charge is 0.245 e. The summed E-state index contributed by atoms with van der Waals surface area (Å²) >= 11 is 0. The van der Waals surface area contributed by atoms with Crippen molar-refractivity contribution in [3.8, 4) is 0 Å². The van der Waals surface area contributed by atoms with Crippen LogP contribution < -0.4 is 5.32 Å². The Kier molecular flexibility index (Phi) is 3.96. The molecule has 1 aliphatic rings. The Bertz CT molecular complexity index is 137. The number of hydrogen-bond acceptors (Lipinski definition) is 2. The van der Waals surface area contributed by atoms with Crippen molar-refractivity contribution in [3.05, 3.63) is 12.3 Å². The average molecular weight is 191 g/mol. The quantitative estimate of drug-likeness (QED) is 0.586. The van der Waals surface area contributed by atoms with Gasteiger partial charge >= 0.3 is 0 Å². The normalized spacial score (nSPS) is 15.8. The molecule has 1 amide bonds. The summed E-state index contributed by atoms with van der Waals surface area (Å²) in [4.78, 5) is 14.1. The summed E-state index contributed by atoms with van der Waals surface area (Å²) in [5, 5.41) is 2.50. The fraction of sp³-hybridized carbons (Fsp3) is 0.200. The topological polar surface area (TPSA) is 41.5 Å². The Labute approximate surface area is 63.6 Å². The molecular weight excluding hydrogens is 184 g/mol. The molecule has 1 rings (SSSR count). The van der Waals surface area contributed by atoms with Gasteiger partial charge in [0.25, 0.3) is 0 Å². The lowest BCUT2D eigenvalue weighted by Gasteiger charge is -1.88. The molecule has 0 radical (unpaired) electrons. The number of allylic oxidation sites excluding steroid dienone is 1. The summed E-state index contributed by atoms with van der Waals surface area (Å²) in [5.41, 5.74) is 0. The molecule has 1 N–H and O–H groups in total. The van der Waals surface area contributed by atoms with Crippen LogP contribution in [0.1, 0.15) is 0 Å². The van der Waals surface area contributed by atoms with Crippen molar-refractivity contribution >= 4 is 29.1 Å². The van der Waals surface area contributed by atoms with E-state index >= 15 is 0 Å². The van der Waals surface area contributed by atoms with Crippen LogP contribution in [0.15, 0.2) is 17.3 Å². The lowest BCUT2D eigenvalue weighted by molar-refractivity contribution is -0.118. The number of aliphatic imine (C=N–C) groups is 1. The van der Waals surface area contributed by atoms with Gasteiger partial charge in [0.1, 0.15) is 6.54 Å². The highest BCUT2D eigenvalue weighted by molar-refractivity contribution is 8.93. The maximum absolute atomic E-state index is 10.4. The largest absolute Gasteiger partial charge is 0.331 e. The van der Waals surface area contributed by atoms with E-state index in [1.54, 1.807) is 18.5 Å². The first-order valence-electron chi connectivity index (χ1n) is 2.34. The predicted octanol–water partition coefficient (Wildman–Crippen LogP) is 0.279. The first-order valence-corrected chi connectivity index (χ1v) is 2.34. The fourth-order valence-corrected chi connectivity index (χ4v) is 0.426. The monoisotopic (exact) mass is 190 g/mol. The molecule has 3 nitrogen and oxygen atoms in total. The minimum Gasteiger partial charge on any atom is -0.331 e. The van der Waals surface area contributed by atoms with E-state index in [0.717, 1.165) is 0 Å². The summed E-state index contributed by atoms with van der Waals surface area (Å²) in [6.45, 7) is 0.243. The fourth-order valence-electron chi connectivity index (χ4n) is 0.426. The zero-order valence-electron chi connectivity index (χ0n) is 4.70. The molecule has 0 aromatic heterocycles. The summed E-state index contributed by atoms with van der Waals surface area (Å²) in [7, 11) is 0. The van der Waals surface area contributed by atoms with Crippen molar-refractivity contribution in [2.75, 3.05) is 6.54 Å². The average Bonchev–Trinajstić information content (AvgIpc) is 1.94. The third-order valence-corrected chi connectivity index (χ3v) is 0.767. The summed E-state index contributed by atoms with van der Waals surface area (Å²) in [6.07, 6.45) is 4.85. The number of nitrogens with one attached hydrogen (secondary N) is 1. The van der Waals surface area contributed by atoms with E-state index in [1.807, 2.05) is 0 Å². The van der Waals surface area contributed by atoms with Crippen molar-refractivity contribution in [2.24, 2.45) is 4.99 Å². The van der Waals surface area contributed by atoms with E-state index in [2.05, 4.69) is 10.3 Å². The SMILES string of the molecule is Br.O=C1CN=CC=CN1. The molecule has 0 fully saturated rings. The second kappa shape index (κ2) is 4.26. The molecule has 1 aliphatic heterocycles. The first-order chi connectivity index (χ1) is 3.89. The van der Waals surface area contributed by atoms with Gasteiger partial charge in [-0.25, -0.2) is 0 Å². The molecule has 0 unspecified atom stereocenters. The molecule has 9 heavy (non-hydrogen) atoms. The minimum atomic E-state index is -0.0602. The third kappa shape index (κ3) is 3.03. The van der Waals surface area contributed by atoms with Gasteiger partial charge in [-0.05, 0) is 6.08 Å². The van der Waals surface area contributed by atoms with Gasteiger partial charge < -0.3 is 5.32 Å². The number of halogens is 1. The summed E-state index contributed by atoms with van der Waals surface area (Å²) < 4.78 is 0. The highest BCUT2D eigenvalue weighted by Crippen LogP contribution is 1.76.